The van der Waals surface area contributed by atoms with Gasteiger partial charge in [0, 0.05) is 0 Å². The van der Waals surface area contributed by atoms with Gasteiger partial charge in [0.25, 0.3) is 0 Å². The van der Waals surface area contributed by atoms with Crippen LogP contribution in [0.4, 0.5) is 0 Å². The molecule has 2 fully saturated rings. The van der Waals surface area contributed by atoms with Crippen molar-refractivity contribution in [3.63, 3.8) is 0 Å². The van der Waals surface area contributed by atoms with Crippen LogP contribution in [0.2, 0.25) is 0 Å². The largest absolute Gasteiger partial charge is 0.0620 e. The Hall–Kier alpha value is -0.780. The highest BCUT2D eigenvalue weighted by molar-refractivity contribution is 5.35. The van der Waals surface area contributed by atoms with E-state index >= 15 is 0 Å². The molecule has 0 aliphatic heterocycles. The Morgan fingerprint density at radius 2 is 1.14 bits per heavy atom. The quantitative estimate of drug-likeness (QED) is 0.648. The third-order valence-electron chi connectivity index (χ3n) is 4.09. The predicted molar refractivity (Wildman–Crippen MR) is 59.6 cm³/mol. The van der Waals surface area contributed by atoms with Gasteiger partial charge in [-0.25, -0.2) is 0 Å². The highest BCUT2D eigenvalue weighted by Gasteiger charge is 2.27. The fourth-order valence-electron chi connectivity index (χ4n) is 2.69. The Bertz CT molecular complexity index is 286. The normalized spacial score (nSPS) is 22.9. The molecule has 0 aromatic heterocycles. The minimum absolute atomic E-state index is 0.909. The summed E-state index contributed by atoms with van der Waals surface area (Å²) >= 11 is 0. The van der Waals surface area contributed by atoms with Gasteiger partial charge in [-0.3, -0.25) is 0 Å². The Kier molecular flexibility index (Phi) is 2.08. The molecular formula is C14H18. The Balaban J connectivity index is 1.91. The molecule has 0 nitrogen and oxygen atoms in total. The zero-order valence-electron chi connectivity index (χ0n) is 8.71. The molecule has 0 bridgehead atoms. The van der Waals surface area contributed by atoms with Gasteiger partial charge in [0.05, 0.1) is 0 Å². The Morgan fingerprint density at radius 3 is 1.43 bits per heavy atom. The zero-order valence-corrected chi connectivity index (χ0v) is 8.71. The first-order chi connectivity index (χ1) is 6.95. The number of rotatable bonds is 2. The minimum Gasteiger partial charge on any atom is -0.0620 e. The third kappa shape index (κ3) is 1.28. The van der Waals surface area contributed by atoms with E-state index in [0.717, 1.165) is 11.8 Å². The first-order valence-electron chi connectivity index (χ1n) is 6.04. The lowest BCUT2D eigenvalue weighted by atomic mass is 9.72. The molecule has 2 aliphatic carbocycles. The lowest BCUT2D eigenvalue weighted by molar-refractivity contribution is 0.388. The fraction of sp³-hybridized carbons (Fsp3) is 0.571. The zero-order chi connectivity index (χ0) is 9.38. The van der Waals surface area contributed by atoms with Crippen LogP contribution in [-0.2, 0) is 0 Å². The van der Waals surface area contributed by atoms with Crippen molar-refractivity contribution >= 4 is 0 Å². The van der Waals surface area contributed by atoms with Gasteiger partial charge in [-0.05, 0) is 48.6 Å². The van der Waals surface area contributed by atoms with Gasteiger partial charge < -0.3 is 0 Å². The molecule has 74 valence electrons. The summed E-state index contributed by atoms with van der Waals surface area (Å²) in [6, 6.07) is 9.18. The smallest absolute Gasteiger partial charge is 0.0159 e. The van der Waals surface area contributed by atoms with Crippen LogP contribution in [0, 0.1) is 0 Å². The monoisotopic (exact) mass is 186 g/mol. The summed E-state index contributed by atoms with van der Waals surface area (Å²) in [6.45, 7) is 0. The summed E-state index contributed by atoms with van der Waals surface area (Å²) in [4.78, 5) is 0. The van der Waals surface area contributed by atoms with E-state index in [4.69, 9.17) is 0 Å². The second-order valence-corrected chi connectivity index (χ2v) is 4.88. The second-order valence-electron chi connectivity index (χ2n) is 4.88. The first-order valence-corrected chi connectivity index (χ1v) is 6.04. The van der Waals surface area contributed by atoms with Crippen LogP contribution in [0.1, 0.15) is 61.5 Å². The summed E-state index contributed by atoms with van der Waals surface area (Å²) in [7, 11) is 0. The molecule has 0 amide bonds. The Morgan fingerprint density at radius 1 is 0.714 bits per heavy atom. The lowest BCUT2D eigenvalue weighted by Gasteiger charge is -2.33. The van der Waals surface area contributed by atoms with Gasteiger partial charge in [-0.15, -0.1) is 0 Å². The maximum Gasteiger partial charge on any atom is -0.0159 e. The van der Waals surface area contributed by atoms with Gasteiger partial charge in [0.15, 0.2) is 0 Å². The van der Waals surface area contributed by atoms with Crippen molar-refractivity contribution in [3.8, 4) is 0 Å². The molecule has 1 aromatic carbocycles. The predicted octanol–water partition coefficient (Wildman–Crippen LogP) is 4.22. The maximum absolute atomic E-state index is 2.37. The van der Waals surface area contributed by atoms with Gasteiger partial charge in [0.2, 0.25) is 0 Å². The standard InChI is InChI=1S/C14H18/c1-2-10-14(12-7-4-8-12)13(9-1)11-5-3-6-11/h1-2,9-12H,3-8H2. The molecular weight excluding hydrogens is 168 g/mol. The molecule has 14 heavy (non-hydrogen) atoms. The molecule has 0 saturated heterocycles. The fourth-order valence-corrected chi connectivity index (χ4v) is 2.69. The molecule has 2 aliphatic rings. The molecule has 0 spiro atoms. The molecule has 0 N–H and O–H groups in total. The van der Waals surface area contributed by atoms with E-state index in [9.17, 15) is 0 Å². The van der Waals surface area contributed by atoms with E-state index in [-0.39, 0.29) is 0 Å². The molecule has 0 radical (unpaired) electrons. The molecule has 0 atom stereocenters. The van der Waals surface area contributed by atoms with Crippen molar-refractivity contribution in [3.05, 3.63) is 35.4 Å². The van der Waals surface area contributed by atoms with Crippen molar-refractivity contribution in [1.29, 1.82) is 0 Å². The van der Waals surface area contributed by atoms with Gasteiger partial charge in [-0.1, -0.05) is 37.1 Å². The van der Waals surface area contributed by atoms with Crippen molar-refractivity contribution in [1.82, 2.24) is 0 Å². The van der Waals surface area contributed by atoms with E-state index in [0.29, 0.717) is 0 Å². The summed E-state index contributed by atoms with van der Waals surface area (Å²) in [6.07, 6.45) is 8.63. The van der Waals surface area contributed by atoms with Crippen molar-refractivity contribution < 1.29 is 0 Å². The average molecular weight is 186 g/mol. The second kappa shape index (κ2) is 3.42. The molecule has 0 heterocycles. The highest BCUT2D eigenvalue weighted by Crippen LogP contribution is 2.44. The van der Waals surface area contributed by atoms with Gasteiger partial charge in [-0.2, -0.15) is 0 Å². The van der Waals surface area contributed by atoms with Crippen molar-refractivity contribution in [2.75, 3.05) is 0 Å². The molecule has 2 saturated carbocycles. The number of hydrogen-bond donors (Lipinski definition) is 0. The van der Waals surface area contributed by atoms with Crippen LogP contribution in [0.15, 0.2) is 24.3 Å². The SMILES string of the molecule is c1ccc(C2CCC2)c(C2CCC2)c1. The Labute approximate surface area is 86.3 Å². The number of hydrogen-bond acceptors (Lipinski definition) is 0. The van der Waals surface area contributed by atoms with Crippen LogP contribution in [0.3, 0.4) is 0 Å². The van der Waals surface area contributed by atoms with Gasteiger partial charge >= 0.3 is 0 Å². The van der Waals surface area contributed by atoms with Crippen LogP contribution in [-0.4, -0.2) is 0 Å². The average Bonchev–Trinajstić information content (AvgIpc) is 2.01. The van der Waals surface area contributed by atoms with Crippen LogP contribution in [0.5, 0.6) is 0 Å². The molecule has 0 heteroatoms. The topological polar surface area (TPSA) is 0 Å². The summed E-state index contributed by atoms with van der Waals surface area (Å²) < 4.78 is 0. The highest BCUT2D eigenvalue weighted by atomic mass is 14.3. The van der Waals surface area contributed by atoms with E-state index < -0.39 is 0 Å². The van der Waals surface area contributed by atoms with Crippen LogP contribution in [0.25, 0.3) is 0 Å². The van der Waals surface area contributed by atoms with Crippen LogP contribution >= 0.6 is 0 Å². The molecule has 3 rings (SSSR count). The van der Waals surface area contributed by atoms with E-state index in [1.54, 1.807) is 11.1 Å². The van der Waals surface area contributed by atoms with E-state index in [1.165, 1.54) is 38.5 Å². The lowest BCUT2D eigenvalue weighted by Crippen LogP contribution is -2.16. The molecule has 0 unspecified atom stereocenters. The van der Waals surface area contributed by atoms with Gasteiger partial charge in [0.1, 0.15) is 0 Å². The summed E-state index contributed by atoms with van der Waals surface area (Å²) in [5, 5.41) is 0. The third-order valence-corrected chi connectivity index (χ3v) is 4.09. The molecule has 1 aromatic rings. The van der Waals surface area contributed by atoms with Crippen molar-refractivity contribution in [2.24, 2.45) is 0 Å². The van der Waals surface area contributed by atoms with Crippen molar-refractivity contribution in [2.45, 2.75) is 50.4 Å². The van der Waals surface area contributed by atoms with E-state index in [2.05, 4.69) is 24.3 Å². The summed E-state index contributed by atoms with van der Waals surface area (Å²) in [5.74, 6) is 1.82. The maximum atomic E-state index is 2.37. The van der Waals surface area contributed by atoms with E-state index in [1.807, 2.05) is 0 Å². The summed E-state index contributed by atoms with van der Waals surface area (Å²) in [5.41, 5.74) is 3.37. The minimum atomic E-state index is 0.909. The first kappa shape index (κ1) is 8.52. The van der Waals surface area contributed by atoms with Crippen LogP contribution < -0.4 is 0 Å². The number of benzene rings is 1.